The summed E-state index contributed by atoms with van der Waals surface area (Å²) in [7, 11) is 1.28. The van der Waals surface area contributed by atoms with E-state index in [-0.39, 0.29) is 11.7 Å². The number of piperidine rings is 3. The van der Waals surface area contributed by atoms with Gasteiger partial charge < -0.3 is 4.74 Å². The molecule has 3 atom stereocenters. The second-order valence-electron chi connectivity index (χ2n) is 6.22. The highest BCUT2D eigenvalue weighted by atomic mass is 16.5. The molecule has 3 heterocycles. The molecule has 3 unspecified atom stereocenters. The Morgan fingerprint density at radius 1 is 1.30 bits per heavy atom. The highest BCUT2D eigenvalue weighted by molar-refractivity contribution is 5.90. The number of nitrogens with zero attached hydrogens (tertiary/aromatic N) is 2. The van der Waals surface area contributed by atoms with E-state index in [0.29, 0.717) is 0 Å². The van der Waals surface area contributed by atoms with Crippen LogP contribution < -0.4 is 0 Å². The number of ether oxygens (including phenoxy) is 1. The number of nitriles is 1. The number of Topliss-reactive ketones (excluding diaryl/α,β-unsaturated/α-hetero) is 1. The predicted molar refractivity (Wildman–Crippen MR) is 83.4 cm³/mol. The molecule has 0 radical (unpaired) electrons. The van der Waals surface area contributed by atoms with Crippen molar-refractivity contribution >= 4 is 11.8 Å². The van der Waals surface area contributed by atoms with Gasteiger partial charge in [0.25, 0.3) is 0 Å². The number of benzene rings is 1. The van der Waals surface area contributed by atoms with Crippen molar-refractivity contribution in [3.05, 3.63) is 35.9 Å². The van der Waals surface area contributed by atoms with Crippen LogP contribution in [0.2, 0.25) is 0 Å². The van der Waals surface area contributed by atoms with E-state index < -0.39 is 23.8 Å². The minimum atomic E-state index is -0.976. The molecule has 0 saturated carbocycles. The largest absolute Gasteiger partial charge is 0.468 e. The Kier molecular flexibility index (Phi) is 4.44. The molecule has 3 aliphatic rings. The second-order valence-corrected chi connectivity index (χ2v) is 6.22. The maximum atomic E-state index is 12.8. The van der Waals surface area contributed by atoms with Gasteiger partial charge in [-0.15, -0.1) is 0 Å². The Bertz CT molecular complexity index is 629. The first-order chi connectivity index (χ1) is 11.2. The highest BCUT2D eigenvalue weighted by Crippen LogP contribution is 2.40. The predicted octanol–water partition coefficient (Wildman–Crippen LogP) is 1.75. The second kappa shape index (κ2) is 6.51. The van der Waals surface area contributed by atoms with Crippen molar-refractivity contribution in [3.63, 3.8) is 0 Å². The first-order valence-electron chi connectivity index (χ1n) is 7.97. The molecule has 3 aliphatic heterocycles. The number of hydrogen-bond donors (Lipinski definition) is 0. The molecule has 3 saturated heterocycles. The van der Waals surface area contributed by atoms with E-state index in [4.69, 9.17) is 4.74 Å². The highest BCUT2D eigenvalue weighted by Gasteiger charge is 2.49. The Morgan fingerprint density at radius 2 is 1.96 bits per heavy atom. The van der Waals surface area contributed by atoms with Gasteiger partial charge in [-0.05, 0) is 31.5 Å². The fourth-order valence-electron chi connectivity index (χ4n) is 3.93. The van der Waals surface area contributed by atoms with Gasteiger partial charge in [-0.2, -0.15) is 5.26 Å². The van der Waals surface area contributed by atoms with Crippen LogP contribution in [-0.4, -0.2) is 42.9 Å². The number of rotatable bonds is 4. The fourth-order valence-corrected chi connectivity index (χ4v) is 3.93. The van der Waals surface area contributed by atoms with Gasteiger partial charge in [0, 0.05) is 11.8 Å². The molecule has 4 rings (SSSR count). The van der Waals surface area contributed by atoms with Gasteiger partial charge in [0.2, 0.25) is 0 Å². The SMILES string of the molecule is COC(=O)C(C#N)C(c1ccccc1)C1C(=O)C2CCN1CC2. The van der Waals surface area contributed by atoms with Crippen LogP contribution in [0, 0.1) is 23.2 Å². The lowest BCUT2D eigenvalue weighted by molar-refractivity contribution is -0.147. The van der Waals surface area contributed by atoms with Gasteiger partial charge >= 0.3 is 5.97 Å². The van der Waals surface area contributed by atoms with E-state index in [1.807, 2.05) is 30.3 Å². The van der Waals surface area contributed by atoms with Gasteiger partial charge in [0.05, 0.1) is 19.2 Å². The summed E-state index contributed by atoms with van der Waals surface area (Å²) in [5, 5.41) is 9.57. The van der Waals surface area contributed by atoms with Crippen molar-refractivity contribution in [1.82, 2.24) is 4.90 Å². The van der Waals surface area contributed by atoms with Crippen LogP contribution in [0.15, 0.2) is 30.3 Å². The number of carbonyl (C=O) groups excluding carboxylic acids is 2. The zero-order valence-electron chi connectivity index (χ0n) is 13.1. The number of fused-ring (bicyclic) bond motifs is 3. The van der Waals surface area contributed by atoms with Crippen LogP contribution >= 0.6 is 0 Å². The van der Waals surface area contributed by atoms with Gasteiger partial charge in [-0.3, -0.25) is 14.5 Å². The molecular formula is C18H20N2O3. The summed E-state index contributed by atoms with van der Waals surface area (Å²) in [4.78, 5) is 27.1. The molecule has 5 nitrogen and oxygen atoms in total. The van der Waals surface area contributed by atoms with Crippen molar-refractivity contribution in [2.24, 2.45) is 11.8 Å². The first kappa shape index (κ1) is 15.7. The lowest BCUT2D eigenvalue weighted by atomic mass is 9.71. The van der Waals surface area contributed by atoms with Gasteiger partial charge in [-0.1, -0.05) is 30.3 Å². The van der Waals surface area contributed by atoms with Crippen LogP contribution in [0.4, 0.5) is 0 Å². The third-order valence-corrected chi connectivity index (χ3v) is 5.09. The minimum Gasteiger partial charge on any atom is -0.468 e. The maximum Gasteiger partial charge on any atom is 0.323 e. The molecule has 1 aromatic carbocycles. The standard InChI is InChI=1S/C18H20N2O3/c1-23-18(22)14(11-19)15(12-5-3-2-4-6-12)16-17(21)13-7-9-20(16)10-8-13/h2-6,13-16H,7-10H2,1H3. The Balaban J connectivity index is 2.04. The monoisotopic (exact) mass is 312 g/mol. The molecule has 0 amide bonds. The molecule has 0 N–H and O–H groups in total. The smallest absolute Gasteiger partial charge is 0.323 e. The van der Waals surface area contributed by atoms with Crippen molar-refractivity contribution in [3.8, 4) is 6.07 Å². The van der Waals surface area contributed by atoms with Crippen molar-refractivity contribution in [2.45, 2.75) is 24.8 Å². The number of methoxy groups -OCH3 is 1. The number of esters is 1. The fraction of sp³-hybridized carbons (Fsp3) is 0.500. The third kappa shape index (κ3) is 2.75. The summed E-state index contributed by atoms with van der Waals surface area (Å²) in [6.07, 6.45) is 1.76. The molecule has 120 valence electrons. The quantitative estimate of drug-likeness (QED) is 0.792. The topological polar surface area (TPSA) is 70.4 Å². The van der Waals surface area contributed by atoms with E-state index in [2.05, 4.69) is 11.0 Å². The van der Waals surface area contributed by atoms with Crippen molar-refractivity contribution < 1.29 is 14.3 Å². The van der Waals surface area contributed by atoms with Crippen molar-refractivity contribution in [1.29, 1.82) is 5.26 Å². The maximum absolute atomic E-state index is 12.8. The Morgan fingerprint density at radius 3 is 2.48 bits per heavy atom. The molecule has 0 spiro atoms. The van der Waals surface area contributed by atoms with E-state index in [0.717, 1.165) is 31.5 Å². The van der Waals surface area contributed by atoms with Crippen LogP contribution in [-0.2, 0) is 14.3 Å². The Labute approximate surface area is 135 Å². The molecular weight excluding hydrogens is 292 g/mol. The average Bonchev–Trinajstić information content (AvgIpc) is 2.61. The molecule has 0 aromatic heterocycles. The lowest BCUT2D eigenvalue weighted by Crippen LogP contribution is -2.59. The summed E-state index contributed by atoms with van der Waals surface area (Å²) >= 11 is 0. The van der Waals surface area contributed by atoms with E-state index in [1.54, 1.807) is 0 Å². The molecule has 3 fully saturated rings. The summed E-state index contributed by atoms with van der Waals surface area (Å²) in [5.41, 5.74) is 0.843. The van der Waals surface area contributed by atoms with Gasteiger partial charge in [0.1, 0.15) is 0 Å². The summed E-state index contributed by atoms with van der Waals surface area (Å²) in [5.74, 6) is -1.80. The number of hydrogen-bond acceptors (Lipinski definition) is 5. The van der Waals surface area contributed by atoms with Crippen LogP contribution in [0.3, 0.4) is 0 Å². The molecule has 5 heteroatoms. The van der Waals surface area contributed by atoms with Crippen LogP contribution in [0.25, 0.3) is 0 Å². The molecule has 23 heavy (non-hydrogen) atoms. The first-order valence-corrected chi connectivity index (χ1v) is 7.97. The molecule has 0 aliphatic carbocycles. The normalized spacial score (nSPS) is 28.7. The minimum absolute atomic E-state index is 0.0632. The van der Waals surface area contributed by atoms with E-state index in [1.165, 1.54) is 7.11 Å². The number of carbonyl (C=O) groups is 2. The zero-order chi connectivity index (χ0) is 16.4. The zero-order valence-corrected chi connectivity index (χ0v) is 13.1. The van der Waals surface area contributed by atoms with Crippen molar-refractivity contribution in [2.75, 3.05) is 20.2 Å². The van der Waals surface area contributed by atoms with E-state index in [9.17, 15) is 14.9 Å². The summed E-state index contributed by atoms with van der Waals surface area (Å²) in [6.45, 7) is 1.70. The third-order valence-electron chi connectivity index (χ3n) is 5.09. The number of ketones is 1. The lowest BCUT2D eigenvalue weighted by Gasteiger charge is -2.47. The summed E-state index contributed by atoms with van der Waals surface area (Å²) in [6, 6.07) is 11.1. The van der Waals surface area contributed by atoms with Crippen LogP contribution in [0.1, 0.15) is 24.3 Å². The molecule has 2 bridgehead atoms. The van der Waals surface area contributed by atoms with Gasteiger partial charge in [0.15, 0.2) is 11.7 Å². The average molecular weight is 312 g/mol. The Hall–Kier alpha value is -2.19. The van der Waals surface area contributed by atoms with Gasteiger partial charge in [-0.25, -0.2) is 0 Å². The van der Waals surface area contributed by atoms with E-state index >= 15 is 0 Å². The molecule has 1 aromatic rings. The van der Waals surface area contributed by atoms with Crippen LogP contribution in [0.5, 0.6) is 0 Å². The summed E-state index contributed by atoms with van der Waals surface area (Å²) < 4.78 is 4.82.